The number of hydrogen-bond acceptors (Lipinski definition) is 4. The number of aromatic nitrogens is 2. The van der Waals surface area contributed by atoms with Crippen LogP contribution in [0.1, 0.15) is 9.75 Å². The molecule has 2 N–H and O–H groups in total. The molecule has 2 rings (SSSR count). The van der Waals surface area contributed by atoms with Crippen LogP contribution < -0.4 is 11.3 Å². The van der Waals surface area contributed by atoms with E-state index in [0.29, 0.717) is 13.1 Å². The van der Waals surface area contributed by atoms with Gasteiger partial charge in [-0.1, -0.05) is 11.8 Å². The minimum Gasteiger partial charge on any atom is -0.320 e. The quantitative estimate of drug-likeness (QED) is 0.791. The lowest BCUT2D eigenvalue weighted by atomic mass is 10.4. The lowest BCUT2D eigenvalue weighted by molar-refractivity contribution is 0.645. The molecule has 17 heavy (non-hydrogen) atoms. The highest BCUT2D eigenvalue weighted by atomic mass is 32.1. The Kier molecular flexibility index (Phi) is 3.70. The molecule has 2 aromatic heterocycles. The highest BCUT2D eigenvalue weighted by Crippen LogP contribution is 2.15. The Morgan fingerprint density at radius 3 is 3.06 bits per heavy atom. The molecule has 0 spiro atoms. The summed E-state index contributed by atoms with van der Waals surface area (Å²) in [4.78, 5) is 13.5. The van der Waals surface area contributed by atoms with E-state index in [1.54, 1.807) is 23.6 Å². The van der Waals surface area contributed by atoms with E-state index in [2.05, 4.69) is 16.9 Å². The van der Waals surface area contributed by atoms with Crippen molar-refractivity contribution >= 4 is 11.3 Å². The summed E-state index contributed by atoms with van der Waals surface area (Å²) in [5.74, 6) is 5.76. The Morgan fingerprint density at radius 2 is 2.29 bits per heavy atom. The van der Waals surface area contributed by atoms with E-state index in [4.69, 9.17) is 5.73 Å². The Labute approximate surface area is 103 Å². The van der Waals surface area contributed by atoms with Gasteiger partial charge in [-0.3, -0.25) is 4.79 Å². The first kappa shape index (κ1) is 11.6. The summed E-state index contributed by atoms with van der Waals surface area (Å²) in [5.41, 5.74) is 5.20. The third-order valence-corrected chi connectivity index (χ3v) is 3.05. The monoisotopic (exact) mass is 245 g/mol. The average molecular weight is 245 g/mol. The summed E-state index contributed by atoms with van der Waals surface area (Å²) in [5, 5.41) is 4.00. The summed E-state index contributed by atoms with van der Waals surface area (Å²) in [7, 11) is 0. The maximum Gasteiger partial charge on any atom is 0.267 e. The van der Waals surface area contributed by atoms with Crippen molar-refractivity contribution in [3.8, 4) is 11.8 Å². The molecule has 0 amide bonds. The van der Waals surface area contributed by atoms with Gasteiger partial charge in [-0.2, -0.15) is 5.10 Å². The standard InChI is InChI=1S/C12H11N3OS/c13-7-1-3-10-5-6-11(17-10)9-15-12(16)4-2-8-14-15/h2,4-6,8H,7,9,13H2. The number of hydrogen-bond donors (Lipinski definition) is 1. The Bertz CT molecular complexity index is 618. The van der Waals surface area contributed by atoms with Gasteiger partial charge in [-0.25, -0.2) is 4.68 Å². The van der Waals surface area contributed by atoms with Crippen LogP contribution in [0.25, 0.3) is 0 Å². The van der Waals surface area contributed by atoms with Crippen LogP contribution in [0.5, 0.6) is 0 Å². The molecule has 0 aliphatic heterocycles. The first-order valence-electron chi connectivity index (χ1n) is 5.09. The Balaban J connectivity index is 2.17. The highest BCUT2D eigenvalue weighted by molar-refractivity contribution is 7.12. The fourth-order valence-electron chi connectivity index (χ4n) is 1.32. The van der Waals surface area contributed by atoms with Crippen molar-refractivity contribution in [1.29, 1.82) is 0 Å². The zero-order valence-electron chi connectivity index (χ0n) is 9.09. The van der Waals surface area contributed by atoms with Crippen molar-refractivity contribution in [2.24, 2.45) is 5.73 Å². The molecule has 5 heteroatoms. The second-order valence-corrected chi connectivity index (χ2v) is 4.46. The number of nitrogens with zero attached hydrogens (tertiary/aromatic N) is 2. The highest BCUT2D eigenvalue weighted by Gasteiger charge is 2.01. The van der Waals surface area contributed by atoms with E-state index in [-0.39, 0.29) is 5.56 Å². The maximum atomic E-state index is 11.5. The molecule has 0 fully saturated rings. The van der Waals surface area contributed by atoms with Gasteiger partial charge >= 0.3 is 0 Å². The summed E-state index contributed by atoms with van der Waals surface area (Å²) >= 11 is 1.55. The molecule has 0 aliphatic rings. The zero-order valence-corrected chi connectivity index (χ0v) is 9.91. The molecule has 2 aromatic rings. The van der Waals surface area contributed by atoms with Crippen molar-refractivity contribution in [2.75, 3.05) is 6.54 Å². The van der Waals surface area contributed by atoms with Gasteiger partial charge < -0.3 is 5.73 Å². The summed E-state index contributed by atoms with van der Waals surface area (Å²) < 4.78 is 1.42. The predicted molar refractivity (Wildman–Crippen MR) is 67.9 cm³/mol. The van der Waals surface area contributed by atoms with Gasteiger partial charge in [-0.15, -0.1) is 11.3 Å². The lowest BCUT2D eigenvalue weighted by Crippen LogP contribution is -2.21. The molecule has 86 valence electrons. The topological polar surface area (TPSA) is 60.9 Å². The fourth-order valence-corrected chi connectivity index (χ4v) is 2.19. The van der Waals surface area contributed by atoms with Gasteiger partial charge in [0, 0.05) is 17.1 Å². The first-order chi connectivity index (χ1) is 8.29. The van der Waals surface area contributed by atoms with Crippen LogP contribution in [-0.4, -0.2) is 16.3 Å². The van der Waals surface area contributed by atoms with E-state index < -0.39 is 0 Å². The van der Waals surface area contributed by atoms with Crippen LogP contribution in [0.4, 0.5) is 0 Å². The Hall–Kier alpha value is -1.90. The first-order valence-corrected chi connectivity index (χ1v) is 5.91. The molecule has 0 unspecified atom stereocenters. The fraction of sp³-hybridized carbons (Fsp3) is 0.167. The molecule has 0 saturated heterocycles. The molecule has 4 nitrogen and oxygen atoms in total. The van der Waals surface area contributed by atoms with Gasteiger partial charge in [0.25, 0.3) is 5.56 Å². The molecular formula is C12H11N3OS. The lowest BCUT2D eigenvalue weighted by Gasteiger charge is -1.99. The third kappa shape index (κ3) is 3.03. The van der Waals surface area contributed by atoms with Crippen LogP contribution in [-0.2, 0) is 6.54 Å². The largest absolute Gasteiger partial charge is 0.320 e. The molecule has 0 saturated carbocycles. The van der Waals surface area contributed by atoms with Crippen molar-refractivity contribution in [2.45, 2.75) is 6.54 Å². The molecule has 0 radical (unpaired) electrons. The predicted octanol–water partition coefficient (Wildman–Crippen LogP) is 0.663. The van der Waals surface area contributed by atoms with E-state index in [9.17, 15) is 4.79 Å². The van der Waals surface area contributed by atoms with E-state index in [1.807, 2.05) is 12.1 Å². The van der Waals surface area contributed by atoms with Gasteiger partial charge in [0.05, 0.1) is 18.0 Å². The summed E-state index contributed by atoms with van der Waals surface area (Å²) in [6, 6.07) is 7.00. The average Bonchev–Trinajstić information content (AvgIpc) is 2.77. The molecule has 0 aliphatic carbocycles. The van der Waals surface area contributed by atoms with Crippen LogP contribution in [0, 0.1) is 11.8 Å². The van der Waals surface area contributed by atoms with Gasteiger partial charge in [0.1, 0.15) is 0 Å². The van der Waals surface area contributed by atoms with Gasteiger partial charge in [-0.05, 0) is 18.2 Å². The normalized spacial score (nSPS) is 9.71. The molecule has 0 atom stereocenters. The second kappa shape index (κ2) is 5.43. The van der Waals surface area contributed by atoms with Crippen molar-refractivity contribution < 1.29 is 0 Å². The van der Waals surface area contributed by atoms with Crippen LogP contribution in [0.3, 0.4) is 0 Å². The smallest absolute Gasteiger partial charge is 0.267 e. The SMILES string of the molecule is NCC#Cc1ccc(Cn2ncccc2=O)s1. The van der Waals surface area contributed by atoms with Gasteiger partial charge in [0.15, 0.2) is 0 Å². The minimum absolute atomic E-state index is 0.101. The van der Waals surface area contributed by atoms with Crippen molar-refractivity contribution in [3.05, 3.63) is 50.6 Å². The molecule has 2 heterocycles. The van der Waals surface area contributed by atoms with E-state index >= 15 is 0 Å². The Morgan fingerprint density at radius 1 is 1.41 bits per heavy atom. The number of nitrogens with two attached hydrogens (primary N) is 1. The number of rotatable bonds is 2. The minimum atomic E-state index is -0.101. The van der Waals surface area contributed by atoms with E-state index in [1.165, 1.54) is 10.7 Å². The molecule has 0 bridgehead atoms. The summed E-state index contributed by atoms with van der Waals surface area (Å²) in [6.45, 7) is 0.835. The van der Waals surface area contributed by atoms with Crippen molar-refractivity contribution in [1.82, 2.24) is 9.78 Å². The maximum absolute atomic E-state index is 11.5. The summed E-state index contributed by atoms with van der Waals surface area (Å²) in [6.07, 6.45) is 1.60. The third-order valence-electron chi connectivity index (χ3n) is 2.07. The van der Waals surface area contributed by atoms with Crippen molar-refractivity contribution in [3.63, 3.8) is 0 Å². The molecular weight excluding hydrogens is 234 g/mol. The molecule has 0 aromatic carbocycles. The van der Waals surface area contributed by atoms with Crippen LogP contribution >= 0.6 is 11.3 Å². The second-order valence-electron chi connectivity index (χ2n) is 3.29. The number of thiophene rings is 1. The van der Waals surface area contributed by atoms with E-state index in [0.717, 1.165) is 9.75 Å². The van der Waals surface area contributed by atoms with Crippen LogP contribution in [0.15, 0.2) is 35.3 Å². The van der Waals surface area contributed by atoms with Gasteiger partial charge in [0.2, 0.25) is 0 Å². The zero-order chi connectivity index (χ0) is 12.1. The van der Waals surface area contributed by atoms with Crippen LogP contribution in [0.2, 0.25) is 0 Å².